The normalized spacial score (nSPS) is 9.35. The predicted octanol–water partition coefficient (Wildman–Crippen LogP) is 2.56. The second-order valence-corrected chi connectivity index (χ2v) is 3.29. The molecule has 0 N–H and O–H groups in total. The number of ether oxygens (including phenoxy) is 1. The Bertz CT molecular complexity index is 571. The van der Waals surface area contributed by atoms with E-state index in [1.54, 1.807) is 36.4 Å². The molecule has 0 unspecified atom stereocenters. The molecule has 0 fully saturated rings. The summed E-state index contributed by atoms with van der Waals surface area (Å²) in [6, 6.07) is 12.0. The number of hydrogen-bond donors (Lipinski definition) is 0. The van der Waals surface area contributed by atoms with Crippen molar-refractivity contribution in [1.82, 2.24) is 4.98 Å². The number of nitriles is 1. The van der Waals surface area contributed by atoms with Crippen molar-refractivity contribution in [3.8, 4) is 17.7 Å². The maximum absolute atomic E-state index is 10.6. The third-order valence-corrected chi connectivity index (χ3v) is 2.08. The first-order chi connectivity index (χ1) is 8.31. The smallest absolute Gasteiger partial charge is 0.219 e. The van der Waals surface area contributed by atoms with Gasteiger partial charge in [-0.15, -0.1) is 0 Å². The topological polar surface area (TPSA) is 63.0 Å². The fourth-order valence-corrected chi connectivity index (χ4v) is 1.28. The first-order valence-corrected chi connectivity index (χ1v) is 4.91. The van der Waals surface area contributed by atoms with Gasteiger partial charge in [0.25, 0.3) is 0 Å². The highest BCUT2D eigenvalue weighted by molar-refractivity contribution is 5.75. The van der Waals surface area contributed by atoms with Gasteiger partial charge < -0.3 is 4.74 Å². The molecule has 4 heteroatoms. The lowest BCUT2D eigenvalue weighted by molar-refractivity contribution is 0.112. The fourth-order valence-electron chi connectivity index (χ4n) is 1.28. The predicted molar refractivity (Wildman–Crippen MR) is 60.9 cm³/mol. The molecule has 0 atom stereocenters. The molecule has 1 aromatic heterocycles. The molecular weight excluding hydrogens is 216 g/mol. The Morgan fingerprint density at radius 3 is 2.82 bits per heavy atom. The maximum Gasteiger partial charge on any atom is 0.219 e. The summed E-state index contributed by atoms with van der Waals surface area (Å²) >= 11 is 0. The summed E-state index contributed by atoms with van der Waals surface area (Å²) in [6.45, 7) is 0. The molecule has 4 nitrogen and oxygen atoms in total. The van der Waals surface area contributed by atoms with Crippen LogP contribution >= 0.6 is 0 Å². The molecule has 82 valence electrons. The SMILES string of the molecule is N#Cc1ccc(Oc2cccc(C=O)c2)nc1. The Morgan fingerprint density at radius 2 is 2.18 bits per heavy atom. The third kappa shape index (κ3) is 2.67. The van der Waals surface area contributed by atoms with Crippen LogP contribution in [0.4, 0.5) is 0 Å². The first kappa shape index (κ1) is 10.8. The van der Waals surface area contributed by atoms with Crippen LogP contribution in [-0.4, -0.2) is 11.3 Å². The Hall–Kier alpha value is -2.67. The number of nitrogens with zero attached hydrogens (tertiary/aromatic N) is 2. The summed E-state index contributed by atoms with van der Waals surface area (Å²) in [5.74, 6) is 0.916. The Labute approximate surface area is 98.1 Å². The number of aldehydes is 1. The lowest BCUT2D eigenvalue weighted by atomic mass is 10.2. The van der Waals surface area contributed by atoms with Crippen LogP contribution in [0.25, 0.3) is 0 Å². The van der Waals surface area contributed by atoms with Crippen LogP contribution in [0.3, 0.4) is 0 Å². The lowest BCUT2D eigenvalue weighted by Crippen LogP contribution is -1.89. The number of benzene rings is 1. The highest BCUT2D eigenvalue weighted by Gasteiger charge is 2.00. The van der Waals surface area contributed by atoms with Crippen molar-refractivity contribution >= 4 is 6.29 Å². The zero-order valence-electron chi connectivity index (χ0n) is 8.83. The summed E-state index contributed by atoms with van der Waals surface area (Å²) in [5.41, 5.74) is 1.01. The number of carbonyl (C=O) groups excluding carboxylic acids is 1. The van der Waals surface area contributed by atoms with E-state index in [-0.39, 0.29) is 0 Å². The van der Waals surface area contributed by atoms with E-state index in [2.05, 4.69) is 4.98 Å². The van der Waals surface area contributed by atoms with E-state index in [1.807, 2.05) is 6.07 Å². The van der Waals surface area contributed by atoms with Crippen LogP contribution < -0.4 is 4.74 Å². The van der Waals surface area contributed by atoms with Gasteiger partial charge in [-0.2, -0.15) is 5.26 Å². The summed E-state index contributed by atoms with van der Waals surface area (Å²) in [4.78, 5) is 14.6. The number of pyridine rings is 1. The van der Waals surface area contributed by atoms with Crippen molar-refractivity contribution in [2.75, 3.05) is 0 Å². The first-order valence-electron chi connectivity index (χ1n) is 4.91. The molecule has 0 bridgehead atoms. The fraction of sp³-hybridized carbons (Fsp3) is 0. The minimum Gasteiger partial charge on any atom is -0.439 e. The van der Waals surface area contributed by atoms with E-state index in [4.69, 9.17) is 10.00 Å². The molecule has 0 radical (unpaired) electrons. The molecule has 0 saturated carbocycles. The lowest BCUT2D eigenvalue weighted by Gasteiger charge is -2.04. The Kier molecular flexibility index (Phi) is 3.13. The maximum atomic E-state index is 10.6. The van der Waals surface area contributed by atoms with Gasteiger partial charge >= 0.3 is 0 Å². The molecule has 2 rings (SSSR count). The average Bonchev–Trinajstić information content (AvgIpc) is 2.40. The number of hydrogen-bond acceptors (Lipinski definition) is 4. The largest absolute Gasteiger partial charge is 0.439 e. The summed E-state index contributed by atoms with van der Waals surface area (Å²) in [6.07, 6.45) is 2.18. The van der Waals surface area contributed by atoms with Crippen molar-refractivity contribution < 1.29 is 9.53 Å². The van der Waals surface area contributed by atoms with Gasteiger partial charge in [-0.05, 0) is 18.2 Å². The van der Waals surface area contributed by atoms with E-state index in [9.17, 15) is 4.79 Å². The van der Waals surface area contributed by atoms with Crippen molar-refractivity contribution in [3.05, 3.63) is 53.7 Å². The minimum atomic E-state index is 0.382. The minimum absolute atomic E-state index is 0.382. The molecule has 17 heavy (non-hydrogen) atoms. The van der Waals surface area contributed by atoms with Gasteiger partial charge in [-0.3, -0.25) is 4.79 Å². The molecule has 0 aliphatic carbocycles. The van der Waals surface area contributed by atoms with Crippen LogP contribution in [0.15, 0.2) is 42.6 Å². The molecular formula is C13H8N2O2. The van der Waals surface area contributed by atoms with Gasteiger partial charge in [0.05, 0.1) is 5.56 Å². The highest BCUT2D eigenvalue weighted by Crippen LogP contribution is 2.19. The number of carbonyl (C=O) groups is 1. The van der Waals surface area contributed by atoms with E-state index in [0.29, 0.717) is 22.8 Å². The summed E-state index contributed by atoms with van der Waals surface area (Å²) < 4.78 is 5.44. The Balaban J connectivity index is 2.19. The Morgan fingerprint density at radius 1 is 1.29 bits per heavy atom. The van der Waals surface area contributed by atoms with Gasteiger partial charge in [0, 0.05) is 17.8 Å². The van der Waals surface area contributed by atoms with Crippen molar-refractivity contribution in [1.29, 1.82) is 5.26 Å². The molecule has 0 aliphatic heterocycles. The average molecular weight is 224 g/mol. The van der Waals surface area contributed by atoms with E-state index >= 15 is 0 Å². The summed E-state index contributed by atoms with van der Waals surface area (Å²) in [7, 11) is 0. The van der Waals surface area contributed by atoms with Crippen molar-refractivity contribution in [3.63, 3.8) is 0 Å². The van der Waals surface area contributed by atoms with Gasteiger partial charge in [0.1, 0.15) is 18.1 Å². The third-order valence-electron chi connectivity index (χ3n) is 2.08. The second-order valence-electron chi connectivity index (χ2n) is 3.29. The van der Waals surface area contributed by atoms with Crippen LogP contribution in [0, 0.1) is 11.3 Å². The number of aromatic nitrogens is 1. The van der Waals surface area contributed by atoms with Crippen molar-refractivity contribution in [2.45, 2.75) is 0 Å². The molecule has 1 heterocycles. The number of rotatable bonds is 3. The van der Waals surface area contributed by atoms with Crippen LogP contribution in [-0.2, 0) is 0 Å². The van der Waals surface area contributed by atoms with Gasteiger partial charge in [-0.25, -0.2) is 4.98 Å². The van der Waals surface area contributed by atoms with Gasteiger partial charge in [0.2, 0.25) is 5.88 Å². The highest BCUT2D eigenvalue weighted by atomic mass is 16.5. The van der Waals surface area contributed by atoms with Crippen molar-refractivity contribution in [2.24, 2.45) is 0 Å². The molecule has 0 spiro atoms. The van der Waals surface area contributed by atoms with Gasteiger partial charge in [0.15, 0.2) is 0 Å². The molecule has 0 saturated heterocycles. The van der Waals surface area contributed by atoms with Crippen LogP contribution in [0.2, 0.25) is 0 Å². The molecule has 0 aliphatic rings. The van der Waals surface area contributed by atoms with Crippen LogP contribution in [0.5, 0.6) is 11.6 Å². The zero-order valence-corrected chi connectivity index (χ0v) is 8.83. The monoisotopic (exact) mass is 224 g/mol. The van der Waals surface area contributed by atoms with E-state index in [1.165, 1.54) is 6.20 Å². The van der Waals surface area contributed by atoms with Gasteiger partial charge in [-0.1, -0.05) is 12.1 Å². The quantitative estimate of drug-likeness (QED) is 0.751. The zero-order chi connectivity index (χ0) is 12.1. The van der Waals surface area contributed by atoms with E-state index in [0.717, 1.165) is 6.29 Å². The summed E-state index contributed by atoms with van der Waals surface area (Å²) in [5, 5.41) is 8.62. The van der Waals surface area contributed by atoms with Crippen LogP contribution in [0.1, 0.15) is 15.9 Å². The molecule has 2 aromatic rings. The standard InChI is InChI=1S/C13H8N2O2/c14-7-11-4-5-13(15-8-11)17-12-3-1-2-10(6-12)9-16/h1-6,8-9H. The second kappa shape index (κ2) is 4.90. The molecule has 1 aromatic carbocycles. The van der Waals surface area contributed by atoms with E-state index < -0.39 is 0 Å². The molecule has 0 amide bonds.